The number of carbonyl (C=O) groups excluding carboxylic acids is 2. The zero-order chi connectivity index (χ0) is 39.4. The van der Waals surface area contributed by atoms with Crippen LogP contribution in [0.3, 0.4) is 0 Å². The topological polar surface area (TPSA) is 220 Å². The molecule has 0 saturated heterocycles. The lowest BCUT2D eigenvalue weighted by atomic mass is 9.94. The van der Waals surface area contributed by atoms with Gasteiger partial charge in [0.1, 0.15) is 11.5 Å². The van der Waals surface area contributed by atoms with E-state index in [1.807, 2.05) is 10.6 Å². The van der Waals surface area contributed by atoms with Gasteiger partial charge in [0.15, 0.2) is 0 Å². The normalized spacial score (nSPS) is 11.1. The maximum absolute atomic E-state index is 13.6. The lowest BCUT2D eigenvalue weighted by molar-refractivity contribution is -0.385. The van der Waals surface area contributed by atoms with Crippen LogP contribution in [0.2, 0.25) is 0 Å². The predicted octanol–water partition coefficient (Wildman–Crippen LogP) is 7.85. The van der Waals surface area contributed by atoms with Crippen molar-refractivity contribution in [1.29, 1.82) is 10.5 Å². The molecule has 0 aliphatic heterocycles. The van der Waals surface area contributed by atoms with Gasteiger partial charge in [0, 0.05) is 37.4 Å². The summed E-state index contributed by atoms with van der Waals surface area (Å²) in [5, 5.41) is 47.9. The third-order valence-electron chi connectivity index (χ3n) is 7.08. The number of hydrogen-bond acceptors (Lipinski definition) is 11. The van der Waals surface area contributed by atoms with Crippen LogP contribution in [-0.2, 0) is 12.4 Å². The number of halogens is 6. The van der Waals surface area contributed by atoms with Crippen molar-refractivity contribution in [2.24, 2.45) is 0 Å². The number of nitro benzene ring substituents is 2. The molecule has 272 valence electrons. The molecule has 0 aromatic heterocycles. The zero-order valence-corrected chi connectivity index (χ0v) is 26.5. The van der Waals surface area contributed by atoms with Gasteiger partial charge in [0.25, 0.3) is 0 Å². The molecule has 0 radical (unpaired) electrons. The van der Waals surface area contributed by atoms with Crippen molar-refractivity contribution < 1.29 is 60.0 Å². The van der Waals surface area contributed by atoms with E-state index in [0.717, 1.165) is 38.4 Å². The van der Waals surface area contributed by atoms with Gasteiger partial charge in [-0.1, -0.05) is 12.1 Å². The molecule has 0 bridgehead atoms. The number of nitrogens with one attached hydrogen (secondary N) is 2. The molecule has 15 nitrogen and oxygen atoms in total. The minimum atomic E-state index is -4.97. The molecule has 53 heavy (non-hydrogen) atoms. The molecule has 0 saturated carbocycles. The van der Waals surface area contributed by atoms with Crippen LogP contribution in [0.5, 0.6) is 23.0 Å². The molecule has 4 aromatic carbocycles. The van der Waals surface area contributed by atoms with E-state index in [0.29, 0.717) is 36.4 Å². The Balaban J connectivity index is 2.18. The summed E-state index contributed by atoms with van der Waals surface area (Å²) in [5.41, 5.74) is -8.57. The molecule has 4 aromatic rings. The number of nitriles is 2. The summed E-state index contributed by atoms with van der Waals surface area (Å²) in [6, 6.07) is 9.35. The molecule has 0 spiro atoms. The smallest absolute Gasteiger partial charge is 0.416 e. The van der Waals surface area contributed by atoms with Gasteiger partial charge in [-0.05, 0) is 36.4 Å². The first-order valence-corrected chi connectivity index (χ1v) is 14.2. The molecule has 0 unspecified atom stereocenters. The van der Waals surface area contributed by atoms with Gasteiger partial charge in [-0.3, -0.25) is 20.2 Å². The molecule has 2 amide bonds. The lowest BCUT2D eigenvalue weighted by Gasteiger charge is -2.20. The first kappa shape index (κ1) is 38.4. The molecule has 0 atom stereocenters. The SMILES string of the molecule is CNC(=O)Oc1c([N+](=O)[O-])ccc(Oc2ccc([N+](=O)[O-])c(OC(=O)NC)c2-c2ccc(C(F)(F)F)cc2C#N)c1-c1ccc(C(F)(F)F)cc1C#N. The van der Waals surface area contributed by atoms with Crippen molar-refractivity contribution in [2.75, 3.05) is 14.1 Å². The Hall–Kier alpha value is -7.42. The van der Waals surface area contributed by atoms with Gasteiger partial charge in [-0.25, -0.2) is 9.59 Å². The number of ether oxygens (including phenoxy) is 3. The molecule has 4 rings (SSSR count). The van der Waals surface area contributed by atoms with Crippen molar-refractivity contribution in [3.63, 3.8) is 0 Å². The summed E-state index contributed by atoms with van der Waals surface area (Å²) in [6.45, 7) is 0. The summed E-state index contributed by atoms with van der Waals surface area (Å²) in [4.78, 5) is 46.9. The minimum absolute atomic E-state index is 0.385. The third-order valence-corrected chi connectivity index (χ3v) is 7.08. The number of nitro groups is 2. The summed E-state index contributed by atoms with van der Waals surface area (Å²) in [5.74, 6) is -3.25. The summed E-state index contributed by atoms with van der Waals surface area (Å²) in [7, 11) is 2.11. The van der Waals surface area contributed by atoms with Crippen LogP contribution in [0.4, 0.5) is 47.3 Å². The molecule has 21 heteroatoms. The maximum Gasteiger partial charge on any atom is 0.416 e. The second kappa shape index (κ2) is 14.8. The summed E-state index contributed by atoms with van der Waals surface area (Å²) >= 11 is 0. The highest BCUT2D eigenvalue weighted by atomic mass is 19.4. The number of rotatable bonds is 8. The number of carbonyl (C=O) groups is 2. The summed E-state index contributed by atoms with van der Waals surface area (Å²) in [6.07, 6.45) is -12.6. The van der Waals surface area contributed by atoms with E-state index >= 15 is 0 Å². The van der Waals surface area contributed by atoms with Crippen molar-refractivity contribution in [3.05, 3.63) is 103 Å². The van der Waals surface area contributed by atoms with Crippen LogP contribution in [-0.4, -0.2) is 36.1 Å². The fraction of sp³-hybridized carbons (Fsp3) is 0.125. The second-order valence-corrected chi connectivity index (χ2v) is 10.2. The molecule has 0 fully saturated rings. The van der Waals surface area contributed by atoms with Crippen LogP contribution in [0.25, 0.3) is 22.3 Å². The third kappa shape index (κ3) is 7.99. The minimum Gasteiger partial charge on any atom is -0.456 e. The lowest BCUT2D eigenvalue weighted by Crippen LogP contribution is -2.23. The molecule has 0 aliphatic carbocycles. The van der Waals surface area contributed by atoms with Gasteiger partial charge < -0.3 is 24.8 Å². The zero-order valence-electron chi connectivity index (χ0n) is 26.5. The average molecular weight is 745 g/mol. The molecule has 0 heterocycles. The van der Waals surface area contributed by atoms with Crippen LogP contribution >= 0.6 is 0 Å². The van der Waals surface area contributed by atoms with Crippen molar-refractivity contribution in [3.8, 4) is 57.4 Å². The van der Waals surface area contributed by atoms with E-state index in [1.54, 1.807) is 0 Å². The van der Waals surface area contributed by atoms with Gasteiger partial charge >= 0.3 is 35.9 Å². The van der Waals surface area contributed by atoms with E-state index in [-0.39, 0.29) is 0 Å². The van der Waals surface area contributed by atoms with Crippen LogP contribution in [0.1, 0.15) is 22.3 Å². The Bertz CT molecular complexity index is 2110. The Morgan fingerprint density at radius 2 is 1.02 bits per heavy atom. The van der Waals surface area contributed by atoms with E-state index in [1.165, 1.54) is 12.1 Å². The van der Waals surface area contributed by atoms with E-state index in [9.17, 15) is 66.7 Å². The quantitative estimate of drug-likeness (QED) is 0.100. The maximum atomic E-state index is 13.6. The first-order chi connectivity index (χ1) is 24.9. The van der Waals surface area contributed by atoms with Crippen molar-refractivity contribution >= 4 is 23.6 Å². The number of nitrogens with zero attached hydrogens (tertiary/aromatic N) is 4. The van der Waals surface area contributed by atoms with Crippen LogP contribution in [0, 0.1) is 42.9 Å². The number of alkyl halides is 6. The molecule has 2 N–H and O–H groups in total. The van der Waals surface area contributed by atoms with Crippen molar-refractivity contribution in [1.82, 2.24) is 10.6 Å². The van der Waals surface area contributed by atoms with Gasteiger partial charge in [0.05, 0.1) is 55.4 Å². The number of hydrogen-bond donors (Lipinski definition) is 2. The van der Waals surface area contributed by atoms with Crippen LogP contribution < -0.4 is 24.8 Å². The predicted molar refractivity (Wildman–Crippen MR) is 167 cm³/mol. The highest BCUT2D eigenvalue weighted by Crippen LogP contribution is 2.52. The Kier molecular flexibility index (Phi) is 10.7. The number of benzene rings is 4. The molecule has 0 aliphatic rings. The van der Waals surface area contributed by atoms with Gasteiger partial charge in [-0.15, -0.1) is 0 Å². The van der Waals surface area contributed by atoms with E-state index < -0.39 is 113 Å². The van der Waals surface area contributed by atoms with E-state index in [4.69, 9.17) is 14.2 Å². The van der Waals surface area contributed by atoms with Crippen molar-refractivity contribution in [2.45, 2.75) is 12.4 Å². The standard InChI is InChI=1S/C32H18F6N6O9/c1-41-29(45)52-27-21(43(47)48)7-9-23(25(27)19-5-3-17(31(33,34)35)11-15(19)13-39)51-24-10-8-22(44(49)50)28(53-30(46)42-2)26(24)20-6-4-18(32(36,37)38)12-16(20)14-40/h3-12H,1-2H3,(H,41,45)(H,42,46). The van der Waals surface area contributed by atoms with Gasteiger partial charge in [0.2, 0.25) is 11.5 Å². The fourth-order valence-electron chi connectivity index (χ4n) is 4.75. The largest absolute Gasteiger partial charge is 0.456 e. The molecular formula is C32H18F6N6O9. The Morgan fingerprint density at radius 3 is 1.30 bits per heavy atom. The van der Waals surface area contributed by atoms with E-state index in [2.05, 4.69) is 0 Å². The Labute approximate surface area is 291 Å². The fourth-order valence-corrected chi connectivity index (χ4v) is 4.75. The molecular weight excluding hydrogens is 726 g/mol. The average Bonchev–Trinajstić information content (AvgIpc) is 3.10. The second-order valence-electron chi connectivity index (χ2n) is 10.2. The van der Waals surface area contributed by atoms with Crippen LogP contribution in [0.15, 0.2) is 60.7 Å². The van der Waals surface area contributed by atoms with Gasteiger partial charge in [-0.2, -0.15) is 36.9 Å². The highest BCUT2D eigenvalue weighted by Gasteiger charge is 2.36. The first-order valence-electron chi connectivity index (χ1n) is 14.2. The number of amides is 2. The monoisotopic (exact) mass is 744 g/mol. The summed E-state index contributed by atoms with van der Waals surface area (Å²) < 4.78 is 97.9. The Morgan fingerprint density at radius 1 is 0.660 bits per heavy atom. The highest BCUT2D eigenvalue weighted by molar-refractivity contribution is 5.90.